The van der Waals surface area contributed by atoms with Crippen molar-refractivity contribution in [1.29, 1.82) is 0 Å². The van der Waals surface area contributed by atoms with E-state index in [4.69, 9.17) is 0 Å². The Morgan fingerprint density at radius 3 is 1.73 bits per heavy atom. The van der Waals surface area contributed by atoms with Crippen molar-refractivity contribution >= 4 is 40.6 Å². The maximum atomic E-state index is 4.01. The average Bonchev–Trinajstić information content (AvgIpc) is 3.68. The van der Waals surface area contributed by atoms with Gasteiger partial charge in [0.2, 0.25) is 0 Å². The molecule has 0 fully saturated rings. The van der Waals surface area contributed by atoms with Gasteiger partial charge in [-0.1, -0.05) is 189 Å². The van der Waals surface area contributed by atoms with Crippen LogP contribution in [0.3, 0.4) is 0 Å². The van der Waals surface area contributed by atoms with Gasteiger partial charge in [0.25, 0.3) is 0 Å². The number of nitrogens with one attached hydrogen (secondary N) is 1. The summed E-state index contributed by atoms with van der Waals surface area (Å²) in [5.41, 5.74) is 22.6. The molecule has 0 heterocycles. The van der Waals surface area contributed by atoms with E-state index in [0.717, 1.165) is 48.4 Å². The van der Waals surface area contributed by atoms with E-state index in [1.54, 1.807) is 5.56 Å². The molecule has 1 N–H and O–H groups in total. The minimum Gasteiger partial charge on any atom is -0.355 e. The van der Waals surface area contributed by atoms with E-state index in [-0.39, 0.29) is 0 Å². The molecule has 2 heteroatoms. The van der Waals surface area contributed by atoms with Crippen molar-refractivity contribution in [3.63, 3.8) is 0 Å². The van der Waals surface area contributed by atoms with E-state index < -0.39 is 5.41 Å². The molecule has 12 rings (SSSR count). The predicted molar refractivity (Wildman–Crippen MR) is 278 cm³/mol. The molecule has 0 saturated heterocycles. The number of fused-ring (bicyclic) bond motifs is 6. The van der Waals surface area contributed by atoms with E-state index in [0.29, 0.717) is 11.8 Å². The molecule has 8 aromatic carbocycles. The van der Waals surface area contributed by atoms with E-state index >= 15 is 0 Å². The lowest BCUT2D eigenvalue weighted by atomic mass is 9.67. The van der Waals surface area contributed by atoms with Crippen molar-refractivity contribution in [3.05, 3.63) is 269 Å². The SMILES string of the molecule is CC1C=CC=CC1c1c2c(c3c(c1Nc1ccc(-c4ccc(N(c5ccccc5)c5ccc6c(c5)C(c5ccccc5)(c5ccccc5)c5ccccc5-6)cc4)cc1)C=CCC3)CCC=C2. The highest BCUT2D eigenvalue weighted by Crippen LogP contribution is 2.57. The number of rotatable bonds is 9. The van der Waals surface area contributed by atoms with Gasteiger partial charge in [-0.2, -0.15) is 0 Å². The molecular weight excluding hydrogens is 797 g/mol. The highest BCUT2D eigenvalue weighted by Gasteiger charge is 2.46. The Hall–Kier alpha value is -7.68. The van der Waals surface area contributed by atoms with Gasteiger partial charge >= 0.3 is 0 Å². The van der Waals surface area contributed by atoms with Gasteiger partial charge in [-0.25, -0.2) is 0 Å². The van der Waals surface area contributed by atoms with Gasteiger partial charge in [0.15, 0.2) is 0 Å². The van der Waals surface area contributed by atoms with Crippen LogP contribution < -0.4 is 10.2 Å². The van der Waals surface area contributed by atoms with Crippen LogP contribution in [0, 0.1) is 5.92 Å². The first kappa shape index (κ1) is 39.9. The summed E-state index contributed by atoms with van der Waals surface area (Å²) in [6.45, 7) is 2.36. The highest BCUT2D eigenvalue weighted by molar-refractivity contribution is 5.90. The third-order valence-corrected chi connectivity index (χ3v) is 14.6. The van der Waals surface area contributed by atoms with Crippen molar-refractivity contribution < 1.29 is 0 Å². The summed E-state index contributed by atoms with van der Waals surface area (Å²) in [6.07, 6.45) is 23.2. The third-order valence-electron chi connectivity index (χ3n) is 14.6. The fourth-order valence-corrected chi connectivity index (χ4v) is 11.6. The van der Waals surface area contributed by atoms with Crippen molar-refractivity contribution in [2.75, 3.05) is 10.2 Å². The molecule has 0 spiro atoms. The number of para-hydroxylation sites is 1. The number of nitrogens with zero attached hydrogens (tertiary/aromatic N) is 1. The molecule has 2 atom stereocenters. The maximum absolute atomic E-state index is 4.01. The first-order valence-electron chi connectivity index (χ1n) is 23.7. The average molecular weight is 849 g/mol. The molecular formula is C64H52N2. The van der Waals surface area contributed by atoms with Crippen LogP contribution in [0.4, 0.5) is 28.4 Å². The van der Waals surface area contributed by atoms with E-state index in [1.165, 1.54) is 72.4 Å². The van der Waals surface area contributed by atoms with Gasteiger partial charge < -0.3 is 10.2 Å². The van der Waals surface area contributed by atoms with Gasteiger partial charge in [-0.3, -0.25) is 0 Å². The topological polar surface area (TPSA) is 15.3 Å². The molecule has 4 aliphatic carbocycles. The Bertz CT molecular complexity index is 3170. The van der Waals surface area contributed by atoms with Crippen molar-refractivity contribution in [3.8, 4) is 22.3 Å². The normalized spacial score (nSPS) is 17.1. The van der Waals surface area contributed by atoms with Crippen molar-refractivity contribution in [2.24, 2.45) is 5.92 Å². The molecule has 4 aliphatic rings. The lowest BCUT2D eigenvalue weighted by Crippen LogP contribution is -2.28. The largest absolute Gasteiger partial charge is 0.355 e. The van der Waals surface area contributed by atoms with Gasteiger partial charge in [0.1, 0.15) is 0 Å². The van der Waals surface area contributed by atoms with Crippen LogP contribution in [0.2, 0.25) is 0 Å². The molecule has 318 valence electrons. The molecule has 2 nitrogen and oxygen atoms in total. The van der Waals surface area contributed by atoms with Crippen LogP contribution in [0.1, 0.15) is 75.8 Å². The third kappa shape index (κ3) is 6.62. The Kier molecular flexibility index (Phi) is 10.1. The molecule has 8 aromatic rings. The van der Waals surface area contributed by atoms with Crippen molar-refractivity contribution in [1.82, 2.24) is 0 Å². The smallest absolute Gasteiger partial charge is 0.0714 e. The Balaban J connectivity index is 0.909. The van der Waals surface area contributed by atoms with Crippen LogP contribution in [-0.2, 0) is 18.3 Å². The van der Waals surface area contributed by atoms with E-state index in [9.17, 15) is 0 Å². The monoisotopic (exact) mass is 848 g/mol. The number of benzene rings is 8. The number of hydrogen-bond acceptors (Lipinski definition) is 2. The Morgan fingerprint density at radius 2 is 1.05 bits per heavy atom. The summed E-state index contributed by atoms with van der Waals surface area (Å²) in [7, 11) is 0. The molecule has 66 heavy (non-hydrogen) atoms. The fraction of sp³-hybridized carbons (Fsp3) is 0.125. The van der Waals surface area contributed by atoms with E-state index in [2.05, 4.69) is 248 Å². The first-order valence-corrected chi connectivity index (χ1v) is 23.7. The molecule has 0 bridgehead atoms. The Labute approximate surface area is 389 Å². The van der Waals surface area contributed by atoms with Gasteiger partial charge in [0, 0.05) is 34.2 Å². The van der Waals surface area contributed by atoms with Crippen LogP contribution in [-0.4, -0.2) is 0 Å². The second-order valence-corrected chi connectivity index (χ2v) is 18.3. The van der Waals surface area contributed by atoms with Crippen LogP contribution >= 0.6 is 0 Å². The second kappa shape index (κ2) is 16.7. The van der Waals surface area contributed by atoms with Crippen molar-refractivity contribution in [2.45, 2.75) is 43.9 Å². The highest BCUT2D eigenvalue weighted by atomic mass is 15.1. The summed E-state index contributed by atoms with van der Waals surface area (Å²) >= 11 is 0. The van der Waals surface area contributed by atoms with Gasteiger partial charge in [-0.15, -0.1) is 0 Å². The maximum Gasteiger partial charge on any atom is 0.0714 e. The summed E-state index contributed by atoms with van der Waals surface area (Å²) in [6, 6.07) is 67.1. The molecule has 0 aliphatic heterocycles. The molecule has 0 amide bonds. The molecule has 0 radical (unpaired) electrons. The number of anilines is 5. The molecule has 2 unspecified atom stereocenters. The summed E-state index contributed by atoms with van der Waals surface area (Å²) < 4.78 is 0. The predicted octanol–water partition coefficient (Wildman–Crippen LogP) is 16.7. The Morgan fingerprint density at radius 1 is 0.500 bits per heavy atom. The van der Waals surface area contributed by atoms with Crippen LogP contribution in [0.5, 0.6) is 0 Å². The quantitative estimate of drug-likeness (QED) is 0.156. The van der Waals surface area contributed by atoms with Crippen LogP contribution in [0.15, 0.2) is 218 Å². The van der Waals surface area contributed by atoms with Crippen LogP contribution in [0.25, 0.3) is 34.4 Å². The lowest BCUT2D eigenvalue weighted by Gasteiger charge is -2.35. The zero-order chi connectivity index (χ0) is 44.0. The fourth-order valence-electron chi connectivity index (χ4n) is 11.6. The lowest BCUT2D eigenvalue weighted by molar-refractivity contribution is 0.634. The minimum absolute atomic E-state index is 0.311. The standard InChI is InChI=1S/C64H52N2/c1-44-19-11-12-26-53(44)62-58-30-15-13-27-54(58)55-28-14-16-31-59(55)63(62)65-49-37-33-45(34-38-49)46-35-39-51(40-36-46)66(50-24-9-4-10-25-50)52-41-42-57-56-29-17-18-32-60(56)64(61(57)43-52,47-20-5-2-6-21-47)48-22-7-3-8-23-48/h2-12,15-26,29-44,53,65H,13-14,27-28H2,1H3. The summed E-state index contributed by atoms with van der Waals surface area (Å²) in [5.74, 6) is 0.729. The summed E-state index contributed by atoms with van der Waals surface area (Å²) in [4.78, 5) is 2.40. The summed E-state index contributed by atoms with van der Waals surface area (Å²) in [5, 5.41) is 4.01. The number of hydrogen-bond donors (Lipinski definition) is 1. The molecule has 0 aromatic heterocycles. The molecule has 0 saturated carbocycles. The zero-order valence-corrected chi connectivity index (χ0v) is 37.4. The van der Waals surface area contributed by atoms with E-state index in [1.807, 2.05) is 0 Å². The first-order chi connectivity index (χ1) is 32.7. The number of allylic oxidation sites excluding steroid dienone is 6. The van der Waals surface area contributed by atoms with Gasteiger partial charge in [-0.05, 0) is 147 Å². The van der Waals surface area contributed by atoms with Gasteiger partial charge in [0.05, 0.1) is 11.1 Å². The second-order valence-electron chi connectivity index (χ2n) is 18.3. The zero-order valence-electron chi connectivity index (χ0n) is 37.4. The minimum atomic E-state index is -0.477.